The number of aromatic nitrogens is 3. The van der Waals surface area contributed by atoms with E-state index in [0.717, 1.165) is 34.1 Å². The minimum absolute atomic E-state index is 0.134. The summed E-state index contributed by atoms with van der Waals surface area (Å²) in [5.74, 6) is -0.0284. The number of carbonyl (C=O) groups excluding carboxylic acids is 1. The van der Waals surface area contributed by atoms with Crippen molar-refractivity contribution in [2.24, 2.45) is 0 Å². The Morgan fingerprint density at radius 2 is 1.88 bits per heavy atom. The fourth-order valence-electron chi connectivity index (χ4n) is 2.43. The van der Waals surface area contributed by atoms with Gasteiger partial charge in [0.1, 0.15) is 5.65 Å². The number of thioether (sulfide) groups is 1. The molecule has 0 atom stereocenters. The fourth-order valence-corrected chi connectivity index (χ4v) is 3.06. The van der Waals surface area contributed by atoms with Crippen molar-refractivity contribution in [2.45, 2.75) is 25.9 Å². The molecule has 0 saturated carbocycles. The van der Waals surface area contributed by atoms with Crippen molar-refractivity contribution in [3.05, 3.63) is 63.7 Å². The molecule has 0 aliphatic heterocycles. The Kier molecular flexibility index (Phi) is 4.85. The van der Waals surface area contributed by atoms with Crippen LogP contribution in [-0.2, 0) is 4.79 Å². The predicted molar refractivity (Wildman–Crippen MR) is 99.3 cm³/mol. The summed E-state index contributed by atoms with van der Waals surface area (Å²) >= 11 is 1.14. The smallest absolute Gasteiger partial charge is 0.325 e. The molecule has 7 heteroatoms. The number of pyridine rings is 1. The zero-order valence-electron chi connectivity index (χ0n) is 14.2. The Balaban J connectivity index is 1.71. The number of amides is 1. The number of nitrogens with one attached hydrogen (secondary N) is 1. The molecule has 128 valence electrons. The van der Waals surface area contributed by atoms with Crippen molar-refractivity contribution in [3.8, 4) is 0 Å². The molecule has 2 heterocycles. The molecule has 6 nitrogen and oxygen atoms in total. The summed E-state index contributed by atoms with van der Waals surface area (Å²) in [4.78, 5) is 32.4. The minimum Gasteiger partial charge on any atom is -0.325 e. The number of benzene rings is 1. The molecule has 1 amide bonds. The molecule has 3 aromatic rings. The van der Waals surface area contributed by atoms with Crippen LogP contribution in [0.3, 0.4) is 0 Å². The van der Waals surface area contributed by atoms with Gasteiger partial charge in [0.25, 0.3) is 0 Å². The Morgan fingerprint density at radius 3 is 2.64 bits per heavy atom. The van der Waals surface area contributed by atoms with Crippen LogP contribution in [0.2, 0.25) is 0 Å². The van der Waals surface area contributed by atoms with E-state index in [1.165, 1.54) is 4.40 Å². The third-order valence-corrected chi connectivity index (χ3v) is 4.53. The molecule has 0 fully saturated rings. The van der Waals surface area contributed by atoms with E-state index in [4.69, 9.17) is 0 Å². The molecule has 0 aliphatic carbocycles. The Hall–Kier alpha value is -2.67. The number of aryl methyl sites for hydroxylation is 3. The van der Waals surface area contributed by atoms with Gasteiger partial charge in [-0.1, -0.05) is 29.5 Å². The van der Waals surface area contributed by atoms with Gasteiger partial charge in [-0.15, -0.1) is 0 Å². The van der Waals surface area contributed by atoms with Gasteiger partial charge in [0.2, 0.25) is 5.91 Å². The van der Waals surface area contributed by atoms with Crippen molar-refractivity contribution in [2.75, 3.05) is 11.1 Å². The van der Waals surface area contributed by atoms with Gasteiger partial charge in [-0.2, -0.15) is 4.98 Å². The summed E-state index contributed by atoms with van der Waals surface area (Å²) in [6.07, 6.45) is 1.65. The summed E-state index contributed by atoms with van der Waals surface area (Å²) in [5.41, 5.74) is 4.06. The first-order chi connectivity index (χ1) is 11.9. The van der Waals surface area contributed by atoms with E-state index in [1.807, 2.05) is 51.1 Å². The van der Waals surface area contributed by atoms with Crippen molar-refractivity contribution >= 4 is 29.0 Å². The Morgan fingerprint density at radius 1 is 1.12 bits per heavy atom. The second kappa shape index (κ2) is 7.06. The van der Waals surface area contributed by atoms with Gasteiger partial charge < -0.3 is 5.32 Å². The number of hydrogen-bond acceptors (Lipinski definition) is 5. The minimum atomic E-state index is -0.401. The summed E-state index contributed by atoms with van der Waals surface area (Å²) in [5, 5.41) is 3.17. The SMILES string of the molecule is Cc1ccc(NC(=O)CSc2nc(=O)n3ccc(C)cc3n2)c(C)c1. The van der Waals surface area contributed by atoms with Crippen LogP contribution in [-0.4, -0.2) is 26.0 Å². The molecule has 0 unspecified atom stereocenters. The zero-order chi connectivity index (χ0) is 18.0. The average molecular weight is 354 g/mol. The maximum Gasteiger partial charge on any atom is 0.355 e. The van der Waals surface area contributed by atoms with E-state index < -0.39 is 5.69 Å². The van der Waals surface area contributed by atoms with Crippen molar-refractivity contribution in [1.29, 1.82) is 0 Å². The van der Waals surface area contributed by atoms with Crippen LogP contribution < -0.4 is 11.0 Å². The lowest BCUT2D eigenvalue weighted by atomic mass is 10.1. The summed E-state index contributed by atoms with van der Waals surface area (Å²) in [6, 6.07) is 9.48. The molecule has 0 radical (unpaired) electrons. The lowest BCUT2D eigenvalue weighted by Gasteiger charge is -2.09. The van der Waals surface area contributed by atoms with Gasteiger partial charge in [0.15, 0.2) is 5.16 Å². The number of carbonyl (C=O) groups is 1. The summed E-state index contributed by atoms with van der Waals surface area (Å²) in [6.45, 7) is 5.88. The van der Waals surface area contributed by atoms with E-state index in [2.05, 4.69) is 15.3 Å². The quantitative estimate of drug-likeness (QED) is 0.729. The molecule has 0 saturated heterocycles. The van der Waals surface area contributed by atoms with Crippen molar-refractivity contribution < 1.29 is 4.79 Å². The molecule has 0 aliphatic rings. The van der Waals surface area contributed by atoms with E-state index in [0.29, 0.717) is 10.8 Å². The number of anilines is 1. The van der Waals surface area contributed by atoms with Crippen LogP contribution >= 0.6 is 11.8 Å². The first kappa shape index (κ1) is 17.2. The first-order valence-corrected chi connectivity index (χ1v) is 8.78. The van der Waals surface area contributed by atoms with Crippen LogP contribution in [0.4, 0.5) is 5.69 Å². The maximum atomic E-state index is 12.2. The molecule has 3 rings (SSSR count). The number of nitrogens with zero attached hydrogens (tertiary/aromatic N) is 3. The van der Waals surface area contributed by atoms with Crippen molar-refractivity contribution in [3.63, 3.8) is 0 Å². The van der Waals surface area contributed by atoms with Crippen LogP contribution in [0.5, 0.6) is 0 Å². The van der Waals surface area contributed by atoms with Gasteiger partial charge >= 0.3 is 5.69 Å². The van der Waals surface area contributed by atoms with Crippen LogP contribution in [0.25, 0.3) is 5.65 Å². The van der Waals surface area contributed by atoms with Crippen LogP contribution in [0.15, 0.2) is 46.5 Å². The first-order valence-electron chi connectivity index (χ1n) is 7.79. The standard InChI is InChI=1S/C18H18N4O2S/c1-11-4-5-14(13(3)8-11)19-16(23)10-25-17-20-15-9-12(2)6-7-22(15)18(24)21-17/h4-9H,10H2,1-3H3,(H,19,23). The number of hydrogen-bond donors (Lipinski definition) is 1. The Labute approximate surface area is 149 Å². The van der Waals surface area contributed by atoms with Crippen LogP contribution in [0, 0.1) is 20.8 Å². The maximum absolute atomic E-state index is 12.2. The van der Waals surface area contributed by atoms with E-state index >= 15 is 0 Å². The second-order valence-electron chi connectivity index (χ2n) is 5.88. The lowest BCUT2D eigenvalue weighted by molar-refractivity contribution is -0.113. The second-order valence-corrected chi connectivity index (χ2v) is 6.82. The molecule has 1 aromatic carbocycles. The summed E-state index contributed by atoms with van der Waals surface area (Å²) < 4.78 is 1.38. The van der Waals surface area contributed by atoms with Gasteiger partial charge in [-0.3, -0.25) is 9.20 Å². The monoisotopic (exact) mass is 354 g/mol. The van der Waals surface area contributed by atoms with Gasteiger partial charge in [0.05, 0.1) is 5.75 Å². The zero-order valence-corrected chi connectivity index (χ0v) is 15.1. The fraction of sp³-hybridized carbons (Fsp3) is 0.222. The summed E-state index contributed by atoms with van der Waals surface area (Å²) in [7, 11) is 0. The highest BCUT2D eigenvalue weighted by atomic mass is 32.2. The molecule has 2 aromatic heterocycles. The highest BCUT2D eigenvalue weighted by Gasteiger charge is 2.09. The van der Waals surface area contributed by atoms with E-state index in [1.54, 1.807) is 6.20 Å². The lowest BCUT2D eigenvalue weighted by Crippen LogP contribution is -2.20. The molecular formula is C18H18N4O2S. The third-order valence-electron chi connectivity index (χ3n) is 3.69. The molecule has 0 bridgehead atoms. The van der Waals surface area contributed by atoms with Gasteiger partial charge in [-0.05, 0) is 50.1 Å². The van der Waals surface area contributed by atoms with Crippen molar-refractivity contribution in [1.82, 2.24) is 14.4 Å². The normalized spacial score (nSPS) is 10.8. The average Bonchev–Trinajstić information content (AvgIpc) is 2.55. The molecule has 25 heavy (non-hydrogen) atoms. The van der Waals surface area contributed by atoms with Crippen LogP contribution in [0.1, 0.15) is 16.7 Å². The predicted octanol–water partition coefficient (Wildman–Crippen LogP) is 2.75. The van der Waals surface area contributed by atoms with E-state index in [-0.39, 0.29) is 11.7 Å². The van der Waals surface area contributed by atoms with Gasteiger partial charge in [-0.25, -0.2) is 9.78 Å². The molecule has 1 N–H and O–H groups in total. The van der Waals surface area contributed by atoms with Gasteiger partial charge in [0, 0.05) is 11.9 Å². The number of rotatable bonds is 4. The number of fused-ring (bicyclic) bond motifs is 1. The third kappa shape index (κ3) is 4.06. The molecule has 0 spiro atoms. The van der Waals surface area contributed by atoms with E-state index in [9.17, 15) is 9.59 Å². The molecular weight excluding hydrogens is 336 g/mol. The highest BCUT2D eigenvalue weighted by Crippen LogP contribution is 2.18. The highest BCUT2D eigenvalue weighted by molar-refractivity contribution is 7.99. The largest absolute Gasteiger partial charge is 0.355 e. The topological polar surface area (TPSA) is 76.4 Å². The Bertz CT molecular complexity index is 1010.